The number of nitrogens with one attached hydrogen (secondary N) is 1. The maximum atomic E-state index is 12.4. The number of H-pyrrole nitrogens is 1. The molecule has 0 amide bonds. The van der Waals surface area contributed by atoms with Crippen LogP contribution in [0.1, 0.15) is 0 Å². The molecule has 1 heterocycles. The van der Waals surface area contributed by atoms with Gasteiger partial charge < -0.3 is 10.0 Å². The van der Waals surface area contributed by atoms with E-state index in [9.17, 15) is 5.11 Å². The molecule has 4 aromatic rings. The fourth-order valence-electron chi connectivity index (χ4n) is 2.80. The molecule has 0 atom stereocenters. The SMILES string of the molecule is CN(C)c1ccc(-c2[nH+]c3ccc4ccccc4c3s2)c([O-])c1.[Be+2]. The Labute approximate surface area is 148 Å². The van der Waals surface area contributed by atoms with Crippen LogP contribution in [0.3, 0.4) is 0 Å². The number of fused-ring (bicyclic) bond motifs is 3. The maximum absolute atomic E-state index is 12.4. The van der Waals surface area contributed by atoms with Gasteiger partial charge in [0.2, 0.25) is 5.52 Å². The first kappa shape index (κ1) is 16.4. The monoisotopic (exact) mass is 329 g/mol. The minimum Gasteiger partial charge on any atom is -0.872 e. The van der Waals surface area contributed by atoms with Gasteiger partial charge in [-0.15, -0.1) is 0 Å². The molecule has 0 saturated heterocycles. The molecule has 1 N–H and O–H groups in total. The van der Waals surface area contributed by atoms with Crippen molar-refractivity contribution in [3.8, 4) is 16.3 Å². The summed E-state index contributed by atoms with van der Waals surface area (Å²) in [5, 5.41) is 15.8. The normalized spacial score (nSPS) is 10.8. The summed E-state index contributed by atoms with van der Waals surface area (Å²) in [7, 11) is 3.87. The Balaban J connectivity index is 0.00000169. The average Bonchev–Trinajstić information content (AvgIpc) is 2.99. The molecule has 4 rings (SSSR count). The molecule has 0 radical (unpaired) electrons. The van der Waals surface area contributed by atoms with Crippen molar-refractivity contribution in [2.24, 2.45) is 0 Å². The third-order valence-corrected chi connectivity index (χ3v) is 5.23. The molecular weight excluding hydrogens is 313 g/mol. The standard InChI is InChI=1S/C19H16N2OS.Be/c1-21(2)13-8-9-15(17(22)11-13)19-20-16-10-7-12-5-3-4-6-14(12)18(16)23-19;/h3-11,22H,1-2H3;/q;+2. The van der Waals surface area contributed by atoms with E-state index in [-0.39, 0.29) is 15.9 Å². The molecule has 0 aliphatic carbocycles. The van der Waals surface area contributed by atoms with E-state index in [2.05, 4.69) is 29.2 Å². The van der Waals surface area contributed by atoms with Crippen molar-refractivity contribution in [2.75, 3.05) is 19.0 Å². The fourth-order valence-corrected chi connectivity index (χ4v) is 3.97. The first-order valence-electron chi connectivity index (χ1n) is 7.46. The first-order valence-corrected chi connectivity index (χ1v) is 8.27. The van der Waals surface area contributed by atoms with Crippen LogP contribution in [0.15, 0.2) is 54.6 Å². The number of thiazole rings is 1. The summed E-state index contributed by atoms with van der Waals surface area (Å²) in [6.45, 7) is 0. The van der Waals surface area contributed by atoms with E-state index >= 15 is 0 Å². The summed E-state index contributed by atoms with van der Waals surface area (Å²) in [6, 6.07) is 18.1. The third-order valence-electron chi connectivity index (χ3n) is 4.06. The van der Waals surface area contributed by atoms with Crippen LogP contribution in [0.4, 0.5) is 5.69 Å². The van der Waals surface area contributed by atoms with Gasteiger partial charge in [-0.3, -0.25) is 0 Å². The average molecular weight is 329 g/mol. The van der Waals surface area contributed by atoms with Crippen molar-refractivity contribution in [1.82, 2.24) is 0 Å². The second-order valence-corrected chi connectivity index (χ2v) is 6.82. The van der Waals surface area contributed by atoms with E-state index in [0.29, 0.717) is 0 Å². The molecular formula is C19H16BeN2OS+2. The zero-order valence-corrected chi connectivity index (χ0v) is 14.5. The predicted octanol–water partition coefficient (Wildman–Crippen LogP) is 3.29. The number of anilines is 1. The summed E-state index contributed by atoms with van der Waals surface area (Å²) in [5.41, 5.74) is 2.71. The van der Waals surface area contributed by atoms with Gasteiger partial charge in [0.15, 0.2) is 0 Å². The van der Waals surface area contributed by atoms with Crippen LogP contribution in [0.2, 0.25) is 0 Å². The molecule has 5 heteroatoms. The van der Waals surface area contributed by atoms with Crippen molar-refractivity contribution in [2.45, 2.75) is 0 Å². The van der Waals surface area contributed by atoms with E-state index in [0.717, 1.165) is 21.8 Å². The predicted molar refractivity (Wildman–Crippen MR) is 101 cm³/mol. The van der Waals surface area contributed by atoms with Crippen molar-refractivity contribution in [3.63, 3.8) is 0 Å². The Morgan fingerprint density at radius 2 is 1.79 bits per heavy atom. The van der Waals surface area contributed by atoms with Crippen LogP contribution in [0.5, 0.6) is 5.75 Å². The van der Waals surface area contributed by atoms with Crippen molar-refractivity contribution < 1.29 is 10.1 Å². The molecule has 0 unspecified atom stereocenters. The molecule has 1 aromatic heterocycles. The van der Waals surface area contributed by atoms with Crippen molar-refractivity contribution in [1.29, 1.82) is 0 Å². The summed E-state index contributed by atoms with van der Waals surface area (Å²) in [4.78, 5) is 5.34. The van der Waals surface area contributed by atoms with Crippen LogP contribution in [0, 0.1) is 0 Å². The second kappa shape index (κ2) is 6.23. The van der Waals surface area contributed by atoms with Crippen LogP contribution in [0.25, 0.3) is 31.6 Å². The summed E-state index contributed by atoms with van der Waals surface area (Å²) in [5.74, 6) is 0.0447. The van der Waals surface area contributed by atoms with E-state index in [1.54, 1.807) is 17.4 Å². The smallest absolute Gasteiger partial charge is 0.872 e. The zero-order valence-electron chi connectivity index (χ0n) is 13.7. The van der Waals surface area contributed by atoms with Gasteiger partial charge in [-0.05, 0) is 29.7 Å². The topological polar surface area (TPSA) is 40.4 Å². The van der Waals surface area contributed by atoms with Crippen LogP contribution >= 0.6 is 11.3 Å². The van der Waals surface area contributed by atoms with Crippen LogP contribution < -0.4 is 15.0 Å². The molecule has 0 aliphatic rings. The zero-order chi connectivity index (χ0) is 16.0. The molecule has 3 nitrogen and oxygen atoms in total. The molecule has 114 valence electrons. The van der Waals surface area contributed by atoms with E-state index in [1.807, 2.05) is 43.3 Å². The third kappa shape index (κ3) is 2.64. The number of hydrogen-bond donors (Lipinski definition) is 0. The Kier molecular flexibility index (Phi) is 4.27. The van der Waals surface area contributed by atoms with Gasteiger partial charge in [0.05, 0.1) is 0 Å². The number of benzene rings is 3. The van der Waals surface area contributed by atoms with Crippen molar-refractivity contribution >= 4 is 48.1 Å². The van der Waals surface area contributed by atoms with E-state index < -0.39 is 0 Å². The molecule has 0 bridgehead atoms. The Bertz CT molecular complexity index is 1030. The minimum atomic E-state index is 0. The molecule has 3 aromatic carbocycles. The van der Waals surface area contributed by atoms with Crippen LogP contribution in [-0.2, 0) is 0 Å². The number of hydrogen-bond acceptors (Lipinski definition) is 3. The van der Waals surface area contributed by atoms with Gasteiger partial charge in [0, 0.05) is 36.8 Å². The number of aromatic nitrogens is 1. The molecule has 0 spiro atoms. The fraction of sp³-hybridized carbons (Fsp3) is 0.105. The van der Waals surface area contributed by atoms with E-state index in [4.69, 9.17) is 0 Å². The number of aromatic amines is 1. The van der Waals surface area contributed by atoms with Gasteiger partial charge in [-0.25, -0.2) is 0 Å². The maximum Gasteiger partial charge on any atom is 2.00 e. The Hall–Kier alpha value is -2.42. The molecule has 0 saturated carbocycles. The van der Waals surface area contributed by atoms with Gasteiger partial charge in [0.1, 0.15) is 4.70 Å². The molecule has 0 aliphatic heterocycles. The van der Waals surface area contributed by atoms with Gasteiger partial charge in [-0.1, -0.05) is 41.4 Å². The Morgan fingerprint density at radius 1 is 1.00 bits per heavy atom. The quantitative estimate of drug-likeness (QED) is 0.530. The first-order chi connectivity index (χ1) is 11.1. The van der Waals surface area contributed by atoms with Gasteiger partial charge in [0.25, 0.3) is 5.01 Å². The summed E-state index contributed by atoms with van der Waals surface area (Å²) >= 11 is 1.64. The van der Waals surface area contributed by atoms with Crippen molar-refractivity contribution in [3.05, 3.63) is 54.6 Å². The van der Waals surface area contributed by atoms with Gasteiger partial charge in [-0.2, -0.15) is 4.98 Å². The number of nitrogens with zero attached hydrogens (tertiary/aromatic N) is 1. The van der Waals surface area contributed by atoms with E-state index in [1.165, 1.54) is 15.5 Å². The molecule has 0 fully saturated rings. The molecule has 24 heavy (non-hydrogen) atoms. The van der Waals surface area contributed by atoms with Crippen LogP contribution in [-0.4, -0.2) is 24.2 Å². The largest absolute Gasteiger partial charge is 2.00 e. The minimum absolute atomic E-state index is 0. The number of rotatable bonds is 2. The Morgan fingerprint density at radius 3 is 2.54 bits per heavy atom. The van der Waals surface area contributed by atoms with Gasteiger partial charge >= 0.3 is 10.1 Å². The summed E-state index contributed by atoms with van der Waals surface area (Å²) < 4.78 is 1.19. The second-order valence-electron chi connectivity index (χ2n) is 5.79. The summed E-state index contributed by atoms with van der Waals surface area (Å²) in [6.07, 6.45) is 0.